The van der Waals surface area contributed by atoms with Crippen molar-refractivity contribution in [1.29, 1.82) is 0 Å². The van der Waals surface area contributed by atoms with Crippen molar-refractivity contribution in [1.82, 2.24) is 10.2 Å². The molecule has 0 saturated carbocycles. The third-order valence-corrected chi connectivity index (χ3v) is 2.65. The highest BCUT2D eigenvalue weighted by Crippen LogP contribution is 2.21. The molecule has 0 atom stereocenters. The van der Waals surface area contributed by atoms with Gasteiger partial charge in [0.15, 0.2) is 0 Å². The third-order valence-electron chi connectivity index (χ3n) is 2.65. The van der Waals surface area contributed by atoms with E-state index in [0.717, 1.165) is 29.4 Å². The van der Waals surface area contributed by atoms with E-state index in [2.05, 4.69) is 29.4 Å². The Labute approximate surface area is 113 Å². The zero-order chi connectivity index (χ0) is 13.7. The molecule has 0 amide bonds. The van der Waals surface area contributed by atoms with Crippen molar-refractivity contribution in [3.8, 4) is 17.0 Å². The molecule has 1 N–H and O–H groups in total. The molecule has 0 spiro atoms. The van der Waals surface area contributed by atoms with Gasteiger partial charge in [-0.25, -0.2) is 0 Å². The Kier molecular flexibility index (Phi) is 4.34. The van der Waals surface area contributed by atoms with Gasteiger partial charge in [-0.2, -0.15) is 0 Å². The SMILES string of the molecule is CNc1ccc(-c2ccc(OCC(C)C)cc2)nn1. The van der Waals surface area contributed by atoms with E-state index in [-0.39, 0.29) is 0 Å². The lowest BCUT2D eigenvalue weighted by Crippen LogP contribution is -2.04. The molecule has 0 aliphatic carbocycles. The van der Waals surface area contributed by atoms with E-state index < -0.39 is 0 Å². The smallest absolute Gasteiger partial charge is 0.148 e. The van der Waals surface area contributed by atoms with Gasteiger partial charge in [-0.15, -0.1) is 10.2 Å². The van der Waals surface area contributed by atoms with Crippen molar-refractivity contribution >= 4 is 5.82 Å². The molecular formula is C15H19N3O. The van der Waals surface area contributed by atoms with Crippen LogP contribution in [0.3, 0.4) is 0 Å². The van der Waals surface area contributed by atoms with Gasteiger partial charge in [-0.1, -0.05) is 13.8 Å². The summed E-state index contributed by atoms with van der Waals surface area (Å²) in [6, 6.07) is 11.8. The Morgan fingerprint density at radius 3 is 2.32 bits per heavy atom. The largest absolute Gasteiger partial charge is 0.493 e. The summed E-state index contributed by atoms with van der Waals surface area (Å²) in [6.45, 7) is 5.00. The highest BCUT2D eigenvalue weighted by atomic mass is 16.5. The van der Waals surface area contributed by atoms with Crippen LogP contribution in [0, 0.1) is 5.92 Å². The zero-order valence-corrected chi connectivity index (χ0v) is 11.6. The van der Waals surface area contributed by atoms with Crippen LogP contribution >= 0.6 is 0 Å². The molecule has 0 fully saturated rings. The first-order valence-electron chi connectivity index (χ1n) is 6.44. The van der Waals surface area contributed by atoms with E-state index in [9.17, 15) is 0 Å². The molecule has 0 radical (unpaired) electrons. The summed E-state index contributed by atoms with van der Waals surface area (Å²) in [5, 5.41) is 11.2. The molecule has 0 aliphatic rings. The number of nitrogens with one attached hydrogen (secondary N) is 1. The Balaban J connectivity index is 2.08. The van der Waals surface area contributed by atoms with E-state index in [1.807, 2.05) is 43.4 Å². The Morgan fingerprint density at radius 1 is 1.05 bits per heavy atom. The number of ether oxygens (including phenoxy) is 1. The minimum atomic E-state index is 0.527. The van der Waals surface area contributed by atoms with E-state index in [1.165, 1.54) is 0 Å². The van der Waals surface area contributed by atoms with Gasteiger partial charge < -0.3 is 10.1 Å². The summed E-state index contributed by atoms with van der Waals surface area (Å²) in [6.07, 6.45) is 0. The third kappa shape index (κ3) is 3.68. The standard InChI is InChI=1S/C15H19N3O/c1-11(2)10-19-13-6-4-12(5-7-13)14-8-9-15(16-3)18-17-14/h4-9,11H,10H2,1-3H3,(H,16,18). The van der Waals surface area contributed by atoms with Crippen LogP contribution in [0.1, 0.15) is 13.8 Å². The van der Waals surface area contributed by atoms with Crippen molar-refractivity contribution in [3.63, 3.8) is 0 Å². The first-order chi connectivity index (χ1) is 9.19. The summed E-state index contributed by atoms with van der Waals surface area (Å²) >= 11 is 0. The monoisotopic (exact) mass is 257 g/mol. The zero-order valence-electron chi connectivity index (χ0n) is 11.6. The van der Waals surface area contributed by atoms with Crippen LogP contribution in [0.15, 0.2) is 36.4 Å². The van der Waals surface area contributed by atoms with E-state index in [0.29, 0.717) is 5.92 Å². The van der Waals surface area contributed by atoms with Crippen LogP contribution in [0.4, 0.5) is 5.82 Å². The molecule has 1 aromatic heterocycles. The molecule has 0 unspecified atom stereocenters. The molecule has 0 saturated heterocycles. The maximum Gasteiger partial charge on any atom is 0.148 e. The highest BCUT2D eigenvalue weighted by molar-refractivity contribution is 5.60. The normalized spacial score (nSPS) is 10.5. The lowest BCUT2D eigenvalue weighted by molar-refractivity contribution is 0.271. The van der Waals surface area contributed by atoms with Crippen molar-refractivity contribution in [2.24, 2.45) is 5.92 Å². The Hall–Kier alpha value is -2.10. The molecule has 1 heterocycles. The first kappa shape index (κ1) is 13.3. The lowest BCUT2D eigenvalue weighted by Gasteiger charge is -2.09. The van der Waals surface area contributed by atoms with E-state index in [4.69, 9.17) is 4.74 Å². The summed E-state index contributed by atoms with van der Waals surface area (Å²) in [5.41, 5.74) is 1.89. The fraction of sp³-hybridized carbons (Fsp3) is 0.333. The second-order valence-corrected chi connectivity index (χ2v) is 4.78. The summed E-state index contributed by atoms with van der Waals surface area (Å²) in [5.74, 6) is 2.18. The average Bonchev–Trinajstić information content (AvgIpc) is 2.46. The van der Waals surface area contributed by atoms with E-state index >= 15 is 0 Å². The predicted molar refractivity (Wildman–Crippen MR) is 77.3 cm³/mol. The van der Waals surface area contributed by atoms with Crippen LogP contribution in [0.25, 0.3) is 11.3 Å². The van der Waals surface area contributed by atoms with Gasteiger partial charge in [0.25, 0.3) is 0 Å². The molecule has 100 valence electrons. The van der Waals surface area contributed by atoms with Gasteiger partial charge in [0.1, 0.15) is 11.6 Å². The summed E-state index contributed by atoms with van der Waals surface area (Å²) in [4.78, 5) is 0. The maximum atomic E-state index is 5.65. The number of benzene rings is 1. The minimum absolute atomic E-state index is 0.527. The fourth-order valence-electron chi connectivity index (χ4n) is 1.60. The van der Waals surface area contributed by atoms with Crippen LogP contribution in [-0.4, -0.2) is 23.9 Å². The Morgan fingerprint density at radius 2 is 1.79 bits per heavy atom. The van der Waals surface area contributed by atoms with Gasteiger partial charge in [0.2, 0.25) is 0 Å². The quantitative estimate of drug-likeness (QED) is 0.893. The second kappa shape index (κ2) is 6.18. The number of nitrogens with zero attached hydrogens (tertiary/aromatic N) is 2. The Bertz CT molecular complexity index is 506. The van der Waals surface area contributed by atoms with Gasteiger partial charge in [0, 0.05) is 12.6 Å². The van der Waals surface area contributed by atoms with Crippen LogP contribution in [0.5, 0.6) is 5.75 Å². The van der Waals surface area contributed by atoms with Crippen molar-refractivity contribution in [2.75, 3.05) is 19.0 Å². The van der Waals surface area contributed by atoms with Crippen molar-refractivity contribution in [3.05, 3.63) is 36.4 Å². The number of hydrogen-bond acceptors (Lipinski definition) is 4. The molecule has 1 aromatic carbocycles. The number of aromatic nitrogens is 2. The van der Waals surface area contributed by atoms with Crippen LogP contribution in [0.2, 0.25) is 0 Å². The van der Waals surface area contributed by atoms with Crippen molar-refractivity contribution in [2.45, 2.75) is 13.8 Å². The number of rotatable bonds is 5. The highest BCUT2D eigenvalue weighted by Gasteiger charge is 2.02. The maximum absolute atomic E-state index is 5.65. The molecule has 4 heteroatoms. The van der Waals surface area contributed by atoms with Gasteiger partial charge in [0.05, 0.1) is 12.3 Å². The fourth-order valence-corrected chi connectivity index (χ4v) is 1.60. The molecule has 0 aliphatic heterocycles. The minimum Gasteiger partial charge on any atom is -0.493 e. The van der Waals surface area contributed by atoms with Crippen LogP contribution < -0.4 is 10.1 Å². The summed E-state index contributed by atoms with van der Waals surface area (Å²) < 4.78 is 5.65. The average molecular weight is 257 g/mol. The van der Waals surface area contributed by atoms with Gasteiger partial charge in [-0.3, -0.25) is 0 Å². The number of hydrogen-bond donors (Lipinski definition) is 1. The number of anilines is 1. The molecule has 4 nitrogen and oxygen atoms in total. The predicted octanol–water partition coefficient (Wildman–Crippen LogP) is 3.22. The molecule has 2 aromatic rings. The topological polar surface area (TPSA) is 47.0 Å². The van der Waals surface area contributed by atoms with Crippen LogP contribution in [-0.2, 0) is 0 Å². The molecule has 2 rings (SSSR count). The lowest BCUT2D eigenvalue weighted by atomic mass is 10.1. The molecule has 19 heavy (non-hydrogen) atoms. The van der Waals surface area contributed by atoms with Crippen molar-refractivity contribution < 1.29 is 4.74 Å². The van der Waals surface area contributed by atoms with E-state index in [1.54, 1.807) is 0 Å². The van der Waals surface area contributed by atoms with Gasteiger partial charge in [-0.05, 0) is 42.3 Å². The summed E-state index contributed by atoms with van der Waals surface area (Å²) in [7, 11) is 1.82. The molecular weight excluding hydrogens is 238 g/mol. The first-order valence-corrected chi connectivity index (χ1v) is 6.44. The molecule has 0 bridgehead atoms. The van der Waals surface area contributed by atoms with Gasteiger partial charge >= 0.3 is 0 Å². The second-order valence-electron chi connectivity index (χ2n) is 4.78.